The molecule has 172 valence electrons. The average molecular weight is 458 g/mol. The summed E-state index contributed by atoms with van der Waals surface area (Å²) in [6.07, 6.45) is 5.14. The molecule has 2 saturated heterocycles. The largest absolute Gasteiger partial charge is 0.379 e. The molecule has 0 aliphatic carbocycles. The first kappa shape index (κ1) is 22.9. The zero-order valence-electron chi connectivity index (χ0n) is 18.3. The maximum atomic E-state index is 12.7. The number of carbonyl (C=O) groups excluding carboxylic acids is 1. The van der Waals surface area contributed by atoms with Gasteiger partial charge < -0.3 is 10.1 Å². The summed E-state index contributed by atoms with van der Waals surface area (Å²) in [5.41, 5.74) is 2.35. The van der Waals surface area contributed by atoms with Gasteiger partial charge in [0.2, 0.25) is 10.0 Å². The highest BCUT2D eigenvalue weighted by Crippen LogP contribution is 2.20. The number of morpholine rings is 1. The van der Waals surface area contributed by atoms with Gasteiger partial charge in [-0.1, -0.05) is 25.0 Å². The molecule has 0 aromatic heterocycles. The van der Waals surface area contributed by atoms with Crippen molar-refractivity contribution < 1.29 is 17.9 Å². The van der Waals surface area contributed by atoms with E-state index in [0.29, 0.717) is 37.6 Å². The van der Waals surface area contributed by atoms with Crippen LogP contribution in [0.2, 0.25) is 0 Å². The highest BCUT2D eigenvalue weighted by molar-refractivity contribution is 7.89. The van der Waals surface area contributed by atoms with Crippen molar-refractivity contribution in [1.29, 1.82) is 0 Å². The second-order valence-corrected chi connectivity index (χ2v) is 10.3. The summed E-state index contributed by atoms with van der Waals surface area (Å²) in [6.45, 7) is 4.72. The van der Waals surface area contributed by atoms with Gasteiger partial charge in [-0.05, 0) is 67.9 Å². The van der Waals surface area contributed by atoms with E-state index in [1.165, 1.54) is 47.7 Å². The number of amides is 1. The Kier molecular flexibility index (Phi) is 7.57. The summed E-state index contributed by atoms with van der Waals surface area (Å²) in [5, 5.41) is 2.85. The topological polar surface area (TPSA) is 79.0 Å². The summed E-state index contributed by atoms with van der Waals surface area (Å²) >= 11 is 0. The van der Waals surface area contributed by atoms with Crippen molar-refractivity contribution in [3.63, 3.8) is 0 Å². The van der Waals surface area contributed by atoms with Gasteiger partial charge in [0.25, 0.3) is 5.91 Å². The molecule has 1 N–H and O–H groups in total. The van der Waals surface area contributed by atoms with Crippen LogP contribution < -0.4 is 5.32 Å². The van der Waals surface area contributed by atoms with Gasteiger partial charge in [0.1, 0.15) is 0 Å². The zero-order chi connectivity index (χ0) is 22.4. The summed E-state index contributed by atoms with van der Waals surface area (Å²) in [6, 6.07) is 14.0. The molecule has 0 unspecified atom stereocenters. The third-order valence-corrected chi connectivity index (χ3v) is 7.95. The van der Waals surface area contributed by atoms with E-state index in [0.717, 1.165) is 19.6 Å². The highest BCUT2D eigenvalue weighted by atomic mass is 32.2. The van der Waals surface area contributed by atoms with Crippen molar-refractivity contribution in [2.75, 3.05) is 44.7 Å². The summed E-state index contributed by atoms with van der Waals surface area (Å²) in [7, 11) is -3.54. The lowest BCUT2D eigenvalue weighted by molar-refractivity contribution is 0.0730. The summed E-state index contributed by atoms with van der Waals surface area (Å²) < 4.78 is 32.1. The van der Waals surface area contributed by atoms with Crippen LogP contribution in [-0.4, -0.2) is 62.9 Å². The van der Waals surface area contributed by atoms with E-state index in [1.54, 1.807) is 12.1 Å². The molecular formula is C24H31N3O4S. The lowest BCUT2D eigenvalue weighted by Crippen LogP contribution is -2.40. The number of carbonyl (C=O) groups is 1. The molecule has 0 bridgehead atoms. The van der Waals surface area contributed by atoms with E-state index in [-0.39, 0.29) is 10.8 Å². The Morgan fingerprint density at radius 2 is 1.47 bits per heavy atom. The molecule has 7 nitrogen and oxygen atoms in total. The Hall–Kier alpha value is -2.26. The van der Waals surface area contributed by atoms with E-state index in [9.17, 15) is 13.2 Å². The number of hydrogen-bond acceptors (Lipinski definition) is 5. The molecule has 32 heavy (non-hydrogen) atoms. The molecule has 2 aromatic carbocycles. The Bertz CT molecular complexity index is 993. The van der Waals surface area contributed by atoms with E-state index in [4.69, 9.17) is 4.74 Å². The van der Waals surface area contributed by atoms with Gasteiger partial charge in [-0.2, -0.15) is 4.31 Å². The monoisotopic (exact) mass is 457 g/mol. The first-order valence-electron chi connectivity index (χ1n) is 11.3. The van der Waals surface area contributed by atoms with E-state index in [2.05, 4.69) is 10.2 Å². The van der Waals surface area contributed by atoms with Crippen molar-refractivity contribution in [3.8, 4) is 0 Å². The van der Waals surface area contributed by atoms with Gasteiger partial charge in [-0.15, -0.1) is 0 Å². The fourth-order valence-electron chi connectivity index (χ4n) is 4.16. The van der Waals surface area contributed by atoms with Gasteiger partial charge in [-0.3, -0.25) is 9.69 Å². The molecule has 2 aliphatic heterocycles. The minimum Gasteiger partial charge on any atom is -0.379 e. The van der Waals surface area contributed by atoms with Gasteiger partial charge in [-0.25, -0.2) is 8.42 Å². The van der Waals surface area contributed by atoms with Crippen molar-refractivity contribution in [1.82, 2.24) is 9.21 Å². The van der Waals surface area contributed by atoms with Gasteiger partial charge in [0.15, 0.2) is 0 Å². The number of hydrogen-bond donors (Lipinski definition) is 1. The molecule has 1 amide bonds. The smallest absolute Gasteiger partial charge is 0.255 e. The molecule has 2 aliphatic rings. The van der Waals surface area contributed by atoms with E-state index in [1.807, 2.05) is 24.3 Å². The van der Waals surface area contributed by atoms with Crippen molar-refractivity contribution >= 4 is 21.6 Å². The number of rotatable bonds is 6. The fourth-order valence-corrected chi connectivity index (χ4v) is 5.57. The predicted octanol–water partition coefficient (Wildman–Crippen LogP) is 3.34. The zero-order valence-corrected chi connectivity index (χ0v) is 19.1. The molecule has 2 fully saturated rings. The van der Waals surface area contributed by atoms with E-state index >= 15 is 0 Å². The first-order chi connectivity index (χ1) is 15.5. The molecule has 4 rings (SSSR count). The SMILES string of the molecule is O=C(Nc1ccc(S(=O)(=O)N2CCOCC2)cc1)c1ccc(CN2CCCCCC2)cc1. The van der Waals surface area contributed by atoms with Crippen molar-refractivity contribution in [2.24, 2.45) is 0 Å². The van der Waals surface area contributed by atoms with Crippen LogP contribution >= 0.6 is 0 Å². The second kappa shape index (κ2) is 10.6. The number of ether oxygens (including phenoxy) is 1. The third-order valence-electron chi connectivity index (χ3n) is 6.04. The number of sulfonamides is 1. The van der Waals surface area contributed by atoms with Crippen molar-refractivity contribution in [3.05, 3.63) is 59.7 Å². The Balaban J connectivity index is 1.35. The maximum absolute atomic E-state index is 12.7. The molecule has 0 saturated carbocycles. The highest BCUT2D eigenvalue weighted by Gasteiger charge is 2.26. The molecule has 0 radical (unpaired) electrons. The Morgan fingerprint density at radius 1 is 0.844 bits per heavy atom. The molecule has 8 heteroatoms. The van der Waals surface area contributed by atoms with Crippen LogP contribution in [0.3, 0.4) is 0 Å². The minimum absolute atomic E-state index is 0.213. The van der Waals surface area contributed by atoms with Crippen LogP contribution in [0.1, 0.15) is 41.6 Å². The lowest BCUT2D eigenvalue weighted by atomic mass is 10.1. The standard InChI is InChI=1S/C24H31N3O4S/c28-24(21-7-5-20(6-8-21)19-26-13-3-1-2-4-14-26)25-22-9-11-23(12-10-22)32(29,30)27-15-17-31-18-16-27/h5-12H,1-4,13-19H2,(H,25,28). The lowest BCUT2D eigenvalue weighted by Gasteiger charge is -2.26. The number of likely N-dealkylation sites (tertiary alicyclic amines) is 1. The van der Waals surface area contributed by atoms with Gasteiger partial charge >= 0.3 is 0 Å². The van der Waals surface area contributed by atoms with Crippen LogP contribution in [0.25, 0.3) is 0 Å². The van der Waals surface area contributed by atoms with E-state index < -0.39 is 10.0 Å². The Labute approximate surface area is 190 Å². The summed E-state index contributed by atoms with van der Waals surface area (Å²) in [5.74, 6) is -0.213. The number of nitrogens with one attached hydrogen (secondary N) is 1. The van der Waals surface area contributed by atoms with Gasteiger partial charge in [0, 0.05) is 30.9 Å². The number of nitrogens with zero attached hydrogens (tertiary/aromatic N) is 2. The maximum Gasteiger partial charge on any atom is 0.255 e. The first-order valence-corrected chi connectivity index (χ1v) is 12.8. The van der Waals surface area contributed by atoms with Crippen LogP contribution in [0.4, 0.5) is 5.69 Å². The molecule has 2 heterocycles. The quantitative estimate of drug-likeness (QED) is 0.720. The predicted molar refractivity (Wildman–Crippen MR) is 124 cm³/mol. The molecule has 2 aromatic rings. The van der Waals surface area contributed by atoms with Gasteiger partial charge in [0.05, 0.1) is 18.1 Å². The minimum atomic E-state index is -3.54. The third kappa shape index (κ3) is 5.75. The van der Waals surface area contributed by atoms with Crippen LogP contribution in [0.5, 0.6) is 0 Å². The van der Waals surface area contributed by atoms with Crippen LogP contribution in [0.15, 0.2) is 53.4 Å². The van der Waals surface area contributed by atoms with Crippen molar-refractivity contribution in [2.45, 2.75) is 37.1 Å². The molecule has 0 atom stereocenters. The molecular weight excluding hydrogens is 426 g/mol. The van der Waals surface area contributed by atoms with Crippen LogP contribution in [0, 0.1) is 0 Å². The molecule has 0 spiro atoms. The Morgan fingerprint density at radius 3 is 2.09 bits per heavy atom. The summed E-state index contributed by atoms with van der Waals surface area (Å²) in [4.78, 5) is 15.3. The fraction of sp³-hybridized carbons (Fsp3) is 0.458. The average Bonchev–Trinajstić information content (AvgIpc) is 3.09. The number of anilines is 1. The number of benzene rings is 2. The second-order valence-electron chi connectivity index (χ2n) is 8.38. The normalized spacial score (nSPS) is 18.8. The van der Waals surface area contributed by atoms with Crippen LogP contribution in [-0.2, 0) is 21.3 Å².